The first-order valence-corrected chi connectivity index (χ1v) is 6.16. The maximum atomic E-state index is 5.72. The number of hydrogen-bond donors (Lipinski definition) is 1. The molecule has 1 aromatic carbocycles. The van der Waals surface area contributed by atoms with Crippen LogP contribution >= 0.6 is 0 Å². The third-order valence-electron chi connectivity index (χ3n) is 2.84. The quantitative estimate of drug-likeness (QED) is 0.741. The molecule has 3 heteroatoms. The SMILES string of the molecule is Cc1cccc(OCCCOC(C)CN)c1C. The summed E-state index contributed by atoms with van der Waals surface area (Å²) < 4.78 is 11.2. The van der Waals surface area contributed by atoms with Crippen molar-refractivity contribution in [3.8, 4) is 5.75 Å². The summed E-state index contributed by atoms with van der Waals surface area (Å²) in [6, 6.07) is 6.12. The van der Waals surface area contributed by atoms with Crippen molar-refractivity contribution in [2.24, 2.45) is 5.73 Å². The average molecular weight is 237 g/mol. The van der Waals surface area contributed by atoms with Crippen molar-refractivity contribution in [2.45, 2.75) is 33.3 Å². The second-order valence-electron chi connectivity index (χ2n) is 4.32. The van der Waals surface area contributed by atoms with Gasteiger partial charge in [0.05, 0.1) is 19.3 Å². The smallest absolute Gasteiger partial charge is 0.122 e. The molecule has 0 aromatic heterocycles. The Bertz CT molecular complexity index is 339. The van der Waals surface area contributed by atoms with Crippen LogP contribution in [0.25, 0.3) is 0 Å². The van der Waals surface area contributed by atoms with Crippen molar-refractivity contribution < 1.29 is 9.47 Å². The molecule has 1 rings (SSSR count). The molecule has 3 nitrogen and oxygen atoms in total. The van der Waals surface area contributed by atoms with E-state index in [4.69, 9.17) is 15.2 Å². The summed E-state index contributed by atoms with van der Waals surface area (Å²) in [5.41, 5.74) is 7.93. The molecule has 0 fully saturated rings. The van der Waals surface area contributed by atoms with Gasteiger partial charge in [0.2, 0.25) is 0 Å². The first-order valence-electron chi connectivity index (χ1n) is 6.16. The van der Waals surface area contributed by atoms with Gasteiger partial charge in [-0.1, -0.05) is 12.1 Å². The Balaban J connectivity index is 2.25. The molecule has 96 valence electrons. The first-order chi connectivity index (χ1) is 8.15. The van der Waals surface area contributed by atoms with Crippen LogP contribution in [0.15, 0.2) is 18.2 Å². The maximum Gasteiger partial charge on any atom is 0.122 e. The number of hydrogen-bond acceptors (Lipinski definition) is 3. The third kappa shape index (κ3) is 4.75. The summed E-state index contributed by atoms with van der Waals surface area (Å²) in [6.45, 7) is 8.10. The molecule has 1 atom stereocenters. The number of ether oxygens (including phenoxy) is 2. The first kappa shape index (κ1) is 14.0. The van der Waals surface area contributed by atoms with Crippen molar-refractivity contribution >= 4 is 0 Å². The van der Waals surface area contributed by atoms with Crippen LogP contribution in [-0.2, 0) is 4.74 Å². The fourth-order valence-corrected chi connectivity index (χ4v) is 1.47. The van der Waals surface area contributed by atoms with E-state index in [2.05, 4.69) is 19.9 Å². The Morgan fingerprint density at radius 2 is 2.00 bits per heavy atom. The lowest BCUT2D eigenvalue weighted by Gasteiger charge is -2.12. The van der Waals surface area contributed by atoms with Gasteiger partial charge in [-0.2, -0.15) is 0 Å². The summed E-state index contributed by atoms with van der Waals surface area (Å²) in [7, 11) is 0. The highest BCUT2D eigenvalue weighted by atomic mass is 16.5. The molecule has 0 radical (unpaired) electrons. The Kier molecular flexibility index (Phi) is 6.01. The van der Waals surface area contributed by atoms with Gasteiger partial charge in [0.15, 0.2) is 0 Å². The highest BCUT2D eigenvalue weighted by molar-refractivity contribution is 5.38. The van der Waals surface area contributed by atoms with Gasteiger partial charge >= 0.3 is 0 Å². The van der Waals surface area contributed by atoms with E-state index in [1.165, 1.54) is 11.1 Å². The van der Waals surface area contributed by atoms with Gasteiger partial charge in [-0.15, -0.1) is 0 Å². The van der Waals surface area contributed by atoms with Gasteiger partial charge in [-0.3, -0.25) is 0 Å². The van der Waals surface area contributed by atoms with Crippen LogP contribution in [0.4, 0.5) is 0 Å². The molecule has 0 amide bonds. The molecular weight excluding hydrogens is 214 g/mol. The Morgan fingerprint density at radius 3 is 2.71 bits per heavy atom. The molecule has 0 spiro atoms. The Hall–Kier alpha value is -1.06. The molecule has 0 bridgehead atoms. The molecule has 0 aliphatic carbocycles. The molecule has 0 saturated heterocycles. The molecule has 1 unspecified atom stereocenters. The highest BCUT2D eigenvalue weighted by Gasteiger charge is 2.02. The largest absolute Gasteiger partial charge is 0.493 e. The van der Waals surface area contributed by atoms with E-state index in [9.17, 15) is 0 Å². The summed E-state index contributed by atoms with van der Waals surface area (Å²) in [4.78, 5) is 0. The highest BCUT2D eigenvalue weighted by Crippen LogP contribution is 2.20. The summed E-state index contributed by atoms with van der Waals surface area (Å²) in [5.74, 6) is 0.969. The predicted octanol–water partition coefficient (Wildman–Crippen LogP) is 2.44. The van der Waals surface area contributed by atoms with Gasteiger partial charge < -0.3 is 15.2 Å². The standard InChI is InChI=1S/C14H23NO2/c1-11-6-4-7-14(13(11)3)17-9-5-8-16-12(2)10-15/h4,6-7,12H,5,8-10,15H2,1-3H3. The second-order valence-corrected chi connectivity index (χ2v) is 4.32. The van der Waals surface area contributed by atoms with Crippen LogP contribution in [0.1, 0.15) is 24.5 Å². The van der Waals surface area contributed by atoms with Crippen molar-refractivity contribution in [3.05, 3.63) is 29.3 Å². The van der Waals surface area contributed by atoms with E-state index in [1.54, 1.807) is 0 Å². The Morgan fingerprint density at radius 1 is 1.24 bits per heavy atom. The molecule has 0 heterocycles. The zero-order valence-electron chi connectivity index (χ0n) is 11.0. The number of rotatable bonds is 7. The number of aryl methyl sites for hydroxylation is 1. The monoisotopic (exact) mass is 237 g/mol. The molecule has 2 N–H and O–H groups in total. The molecular formula is C14H23NO2. The summed E-state index contributed by atoms with van der Waals surface area (Å²) >= 11 is 0. The van der Waals surface area contributed by atoms with E-state index in [0.717, 1.165) is 12.2 Å². The van der Waals surface area contributed by atoms with E-state index >= 15 is 0 Å². The Labute approximate surface area is 104 Å². The molecule has 0 saturated carbocycles. The lowest BCUT2D eigenvalue weighted by Crippen LogP contribution is -2.21. The van der Waals surface area contributed by atoms with Crippen LogP contribution in [0.2, 0.25) is 0 Å². The minimum absolute atomic E-state index is 0.135. The van der Waals surface area contributed by atoms with Gasteiger partial charge in [0.25, 0.3) is 0 Å². The topological polar surface area (TPSA) is 44.5 Å². The van der Waals surface area contributed by atoms with Gasteiger partial charge in [-0.25, -0.2) is 0 Å². The van der Waals surface area contributed by atoms with Crippen LogP contribution in [0, 0.1) is 13.8 Å². The van der Waals surface area contributed by atoms with E-state index < -0.39 is 0 Å². The van der Waals surface area contributed by atoms with E-state index in [1.807, 2.05) is 19.1 Å². The zero-order chi connectivity index (χ0) is 12.7. The fraction of sp³-hybridized carbons (Fsp3) is 0.571. The van der Waals surface area contributed by atoms with E-state index in [0.29, 0.717) is 19.8 Å². The minimum Gasteiger partial charge on any atom is -0.493 e. The lowest BCUT2D eigenvalue weighted by atomic mass is 10.1. The van der Waals surface area contributed by atoms with Crippen molar-refractivity contribution in [1.29, 1.82) is 0 Å². The number of benzene rings is 1. The van der Waals surface area contributed by atoms with Gasteiger partial charge in [-0.05, 0) is 38.0 Å². The van der Waals surface area contributed by atoms with Gasteiger partial charge in [0.1, 0.15) is 5.75 Å². The van der Waals surface area contributed by atoms with Crippen LogP contribution in [-0.4, -0.2) is 25.9 Å². The second kappa shape index (κ2) is 7.30. The molecule has 1 aromatic rings. The summed E-state index contributed by atoms with van der Waals surface area (Å²) in [5, 5.41) is 0. The van der Waals surface area contributed by atoms with Crippen molar-refractivity contribution in [2.75, 3.05) is 19.8 Å². The van der Waals surface area contributed by atoms with Crippen LogP contribution in [0.3, 0.4) is 0 Å². The molecule has 0 aliphatic rings. The molecule has 0 aliphatic heterocycles. The summed E-state index contributed by atoms with van der Waals surface area (Å²) in [6.07, 6.45) is 1.02. The minimum atomic E-state index is 0.135. The van der Waals surface area contributed by atoms with Crippen LogP contribution < -0.4 is 10.5 Å². The normalized spacial score (nSPS) is 12.5. The maximum absolute atomic E-state index is 5.72. The van der Waals surface area contributed by atoms with Gasteiger partial charge in [0, 0.05) is 13.0 Å². The lowest BCUT2D eigenvalue weighted by molar-refractivity contribution is 0.0630. The van der Waals surface area contributed by atoms with E-state index in [-0.39, 0.29) is 6.10 Å². The number of nitrogens with two attached hydrogens (primary N) is 1. The van der Waals surface area contributed by atoms with Crippen molar-refractivity contribution in [1.82, 2.24) is 0 Å². The van der Waals surface area contributed by atoms with Crippen LogP contribution in [0.5, 0.6) is 5.75 Å². The predicted molar refractivity (Wildman–Crippen MR) is 70.5 cm³/mol. The molecule has 17 heavy (non-hydrogen) atoms. The van der Waals surface area contributed by atoms with Crippen molar-refractivity contribution in [3.63, 3.8) is 0 Å². The third-order valence-corrected chi connectivity index (χ3v) is 2.84. The zero-order valence-corrected chi connectivity index (χ0v) is 11.0. The fourth-order valence-electron chi connectivity index (χ4n) is 1.47. The average Bonchev–Trinajstić information content (AvgIpc) is 2.33.